The minimum Gasteiger partial charge on any atom is -0.379 e. The molecule has 2 rings (SSSR count). The van der Waals surface area contributed by atoms with Crippen molar-refractivity contribution >= 4 is 0 Å². The lowest BCUT2D eigenvalue weighted by Gasteiger charge is -2.41. The smallest absolute Gasteiger partial charge is 0.0594 e. The normalized spacial score (nSPS) is 24.1. The molecule has 0 spiro atoms. The minimum atomic E-state index is 0.216. The van der Waals surface area contributed by atoms with Crippen LogP contribution in [0.25, 0.3) is 0 Å². The second-order valence-electron chi connectivity index (χ2n) is 6.54. The van der Waals surface area contributed by atoms with Crippen LogP contribution in [-0.4, -0.2) is 49.3 Å². The summed E-state index contributed by atoms with van der Waals surface area (Å²) in [5, 5.41) is 3.74. The van der Waals surface area contributed by atoms with E-state index in [2.05, 4.69) is 37.1 Å². The molecule has 0 aromatic heterocycles. The Morgan fingerprint density at radius 3 is 2.68 bits per heavy atom. The third kappa shape index (κ3) is 4.30. The molecule has 1 saturated heterocycles. The summed E-state index contributed by atoms with van der Waals surface area (Å²) in [6.07, 6.45) is 7.74. The summed E-state index contributed by atoms with van der Waals surface area (Å²) in [6, 6.07) is 0.528. The van der Waals surface area contributed by atoms with Crippen molar-refractivity contribution in [2.75, 3.05) is 32.8 Å². The van der Waals surface area contributed by atoms with E-state index in [0.717, 1.165) is 32.8 Å². The van der Waals surface area contributed by atoms with Gasteiger partial charge in [0.15, 0.2) is 0 Å². The first-order chi connectivity index (χ1) is 9.09. The van der Waals surface area contributed by atoms with E-state index < -0.39 is 0 Å². The molecule has 2 aliphatic rings. The van der Waals surface area contributed by atoms with Crippen LogP contribution in [0.4, 0.5) is 0 Å². The van der Waals surface area contributed by atoms with E-state index in [-0.39, 0.29) is 5.54 Å². The fourth-order valence-corrected chi connectivity index (χ4v) is 3.07. The predicted molar refractivity (Wildman–Crippen MR) is 80.5 cm³/mol. The predicted octanol–water partition coefficient (Wildman–Crippen LogP) is 2.58. The maximum absolute atomic E-state index is 5.44. The molecule has 1 aliphatic carbocycles. The van der Waals surface area contributed by atoms with Gasteiger partial charge in [-0.1, -0.05) is 11.6 Å². The first-order valence-corrected chi connectivity index (χ1v) is 7.85. The fourth-order valence-electron chi connectivity index (χ4n) is 3.07. The lowest BCUT2D eigenvalue weighted by Crippen LogP contribution is -2.55. The van der Waals surface area contributed by atoms with Gasteiger partial charge in [0.1, 0.15) is 0 Å². The second-order valence-corrected chi connectivity index (χ2v) is 6.54. The number of ether oxygens (including phenoxy) is 1. The molecule has 1 atom stereocenters. The standard InChI is InChI=1S/C16H30N2O/c1-14(15-7-5-4-6-8-15)17-13-16(2,3)18-9-11-19-12-10-18/h7,14,17H,4-6,8-13H2,1-3H3. The molecule has 1 aliphatic heterocycles. The number of allylic oxidation sites excluding steroid dienone is 1. The Hall–Kier alpha value is -0.380. The van der Waals surface area contributed by atoms with Gasteiger partial charge < -0.3 is 10.1 Å². The van der Waals surface area contributed by atoms with Crippen molar-refractivity contribution in [2.45, 2.75) is 58.0 Å². The molecule has 0 aromatic carbocycles. The third-order valence-electron chi connectivity index (χ3n) is 4.59. The van der Waals surface area contributed by atoms with Crippen LogP contribution in [0.15, 0.2) is 11.6 Å². The van der Waals surface area contributed by atoms with Gasteiger partial charge in [0.2, 0.25) is 0 Å². The van der Waals surface area contributed by atoms with Gasteiger partial charge in [0, 0.05) is 31.2 Å². The van der Waals surface area contributed by atoms with Crippen molar-refractivity contribution in [2.24, 2.45) is 0 Å². The van der Waals surface area contributed by atoms with Crippen LogP contribution in [-0.2, 0) is 4.74 Å². The average Bonchev–Trinajstić information content (AvgIpc) is 2.47. The minimum absolute atomic E-state index is 0.216. The SMILES string of the molecule is CC(NCC(C)(C)N1CCOCC1)C1=CCCCC1. The van der Waals surface area contributed by atoms with Crippen molar-refractivity contribution in [3.05, 3.63) is 11.6 Å². The van der Waals surface area contributed by atoms with E-state index in [9.17, 15) is 0 Å². The van der Waals surface area contributed by atoms with E-state index >= 15 is 0 Å². The van der Waals surface area contributed by atoms with E-state index in [0.29, 0.717) is 6.04 Å². The maximum atomic E-state index is 5.44. The largest absolute Gasteiger partial charge is 0.379 e. The molecule has 1 heterocycles. The van der Waals surface area contributed by atoms with Crippen LogP contribution in [0.5, 0.6) is 0 Å². The van der Waals surface area contributed by atoms with Gasteiger partial charge >= 0.3 is 0 Å². The number of morpholine rings is 1. The molecule has 110 valence electrons. The number of rotatable bonds is 5. The van der Waals surface area contributed by atoms with E-state index in [1.54, 1.807) is 5.57 Å². The van der Waals surface area contributed by atoms with Gasteiger partial charge in [0.05, 0.1) is 13.2 Å². The molecule has 1 fully saturated rings. The quantitative estimate of drug-likeness (QED) is 0.774. The molecular formula is C16H30N2O. The molecule has 0 aromatic rings. The molecule has 3 heteroatoms. The summed E-state index contributed by atoms with van der Waals surface area (Å²) < 4.78 is 5.44. The fraction of sp³-hybridized carbons (Fsp3) is 0.875. The van der Waals surface area contributed by atoms with Gasteiger partial charge in [-0.2, -0.15) is 0 Å². The van der Waals surface area contributed by atoms with E-state index in [4.69, 9.17) is 4.74 Å². The Morgan fingerprint density at radius 1 is 1.32 bits per heavy atom. The Morgan fingerprint density at radius 2 is 2.05 bits per heavy atom. The van der Waals surface area contributed by atoms with Crippen molar-refractivity contribution in [3.63, 3.8) is 0 Å². The van der Waals surface area contributed by atoms with Gasteiger partial charge in [-0.25, -0.2) is 0 Å². The lowest BCUT2D eigenvalue weighted by molar-refractivity contribution is -0.00997. The number of nitrogens with zero attached hydrogens (tertiary/aromatic N) is 1. The van der Waals surface area contributed by atoms with Crippen LogP contribution in [0.1, 0.15) is 46.5 Å². The summed E-state index contributed by atoms with van der Waals surface area (Å²) in [4.78, 5) is 2.55. The number of hydrogen-bond acceptors (Lipinski definition) is 3. The zero-order valence-corrected chi connectivity index (χ0v) is 12.9. The van der Waals surface area contributed by atoms with Crippen LogP contribution >= 0.6 is 0 Å². The van der Waals surface area contributed by atoms with Gasteiger partial charge in [-0.15, -0.1) is 0 Å². The highest BCUT2D eigenvalue weighted by Crippen LogP contribution is 2.21. The van der Waals surface area contributed by atoms with Crippen LogP contribution in [0.2, 0.25) is 0 Å². The zero-order valence-electron chi connectivity index (χ0n) is 12.9. The molecule has 1 unspecified atom stereocenters. The van der Waals surface area contributed by atoms with Crippen LogP contribution in [0.3, 0.4) is 0 Å². The first-order valence-electron chi connectivity index (χ1n) is 7.85. The van der Waals surface area contributed by atoms with Crippen molar-refractivity contribution < 1.29 is 4.74 Å². The molecule has 19 heavy (non-hydrogen) atoms. The highest BCUT2D eigenvalue weighted by atomic mass is 16.5. The Labute approximate surface area is 118 Å². The summed E-state index contributed by atoms with van der Waals surface area (Å²) in [5.74, 6) is 0. The zero-order chi connectivity index (χ0) is 13.7. The Bertz CT molecular complexity index is 306. The topological polar surface area (TPSA) is 24.5 Å². The summed E-state index contributed by atoms with van der Waals surface area (Å²) in [7, 11) is 0. The van der Waals surface area contributed by atoms with Crippen LogP contribution in [0, 0.1) is 0 Å². The molecular weight excluding hydrogens is 236 g/mol. The summed E-state index contributed by atoms with van der Waals surface area (Å²) >= 11 is 0. The summed E-state index contributed by atoms with van der Waals surface area (Å²) in [5.41, 5.74) is 1.83. The number of hydrogen-bond donors (Lipinski definition) is 1. The lowest BCUT2D eigenvalue weighted by atomic mass is 9.94. The first kappa shape index (κ1) is 15.0. The Balaban J connectivity index is 1.80. The molecule has 0 saturated carbocycles. The van der Waals surface area contributed by atoms with Crippen molar-refractivity contribution in [3.8, 4) is 0 Å². The summed E-state index contributed by atoms with van der Waals surface area (Å²) in [6.45, 7) is 11.9. The van der Waals surface area contributed by atoms with E-state index in [1.807, 2.05) is 0 Å². The molecule has 3 nitrogen and oxygen atoms in total. The van der Waals surface area contributed by atoms with E-state index in [1.165, 1.54) is 25.7 Å². The Kier molecular flexibility index (Phi) is 5.43. The van der Waals surface area contributed by atoms with Gasteiger partial charge in [-0.3, -0.25) is 4.90 Å². The van der Waals surface area contributed by atoms with Gasteiger partial charge in [-0.05, 0) is 46.5 Å². The van der Waals surface area contributed by atoms with Gasteiger partial charge in [0.25, 0.3) is 0 Å². The van der Waals surface area contributed by atoms with Crippen molar-refractivity contribution in [1.29, 1.82) is 0 Å². The highest BCUT2D eigenvalue weighted by Gasteiger charge is 2.28. The average molecular weight is 266 g/mol. The molecule has 0 bridgehead atoms. The monoisotopic (exact) mass is 266 g/mol. The highest BCUT2D eigenvalue weighted by molar-refractivity contribution is 5.12. The molecule has 0 amide bonds. The maximum Gasteiger partial charge on any atom is 0.0594 e. The molecule has 1 N–H and O–H groups in total. The number of nitrogens with one attached hydrogen (secondary N) is 1. The second kappa shape index (κ2) is 6.87. The van der Waals surface area contributed by atoms with Crippen LogP contribution < -0.4 is 5.32 Å². The molecule has 0 radical (unpaired) electrons. The third-order valence-corrected chi connectivity index (χ3v) is 4.59. The van der Waals surface area contributed by atoms with Crippen molar-refractivity contribution in [1.82, 2.24) is 10.2 Å².